The summed E-state index contributed by atoms with van der Waals surface area (Å²) in [5, 5.41) is 16.5. The van der Waals surface area contributed by atoms with Gasteiger partial charge in [0, 0.05) is 37.8 Å². The van der Waals surface area contributed by atoms with Crippen LogP contribution in [-0.4, -0.2) is 31.1 Å². The maximum absolute atomic E-state index is 4.40. The monoisotopic (exact) mass is 244 g/mol. The van der Waals surface area contributed by atoms with Gasteiger partial charge < -0.3 is 9.88 Å². The molecule has 1 atom stereocenters. The van der Waals surface area contributed by atoms with E-state index in [1.54, 1.807) is 0 Å². The van der Waals surface area contributed by atoms with Crippen LogP contribution in [0, 0.1) is 0 Å². The van der Waals surface area contributed by atoms with Gasteiger partial charge >= 0.3 is 0 Å². The zero-order valence-corrected chi connectivity index (χ0v) is 10.4. The summed E-state index contributed by atoms with van der Waals surface area (Å²) in [5.41, 5.74) is 1.16. The first-order valence-corrected chi connectivity index (χ1v) is 6.48. The van der Waals surface area contributed by atoms with E-state index in [9.17, 15) is 0 Å². The summed E-state index contributed by atoms with van der Waals surface area (Å²) in [6.45, 7) is 1.94. The van der Waals surface area contributed by atoms with Crippen molar-refractivity contribution in [1.82, 2.24) is 29.9 Å². The van der Waals surface area contributed by atoms with Crippen molar-refractivity contribution in [2.45, 2.75) is 31.3 Å². The Kier molecular flexibility index (Phi) is 2.08. The quantitative estimate of drug-likeness (QED) is 0.839. The lowest BCUT2D eigenvalue weighted by molar-refractivity contribution is 0.447. The van der Waals surface area contributed by atoms with Crippen LogP contribution >= 0.6 is 0 Å². The maximum Gasteiger partial charge on any atom is 0.154 e. The lowest BCUT2D eigenvalue weighted by atomic mass is 10.1. The van der Waals surface area contributed by atoms with E-state index in [4.69, 9.17) is 0 Å². The zero-order valence-electron chi connectivity index (χ0n) is 10.4. The van der Waals surface area contributed by atoms with E-state index >= 15 is 0 Å². The Morgan fingerprint density at radius 3 is 2.83 bits per heavy atom. The van der Waals surface area contributed by atoms with Gasteiger partial charge in [0.05, 0.1) is 12.2 Å². The lowest BCUT2D eigenvalue weighted by Crippen LogP contribution is -2.34. The molecule has 2 aliphatic rings. The predicted octanol–water partition coefficient (Wildman–Crippen LogP) is 0.582. The minimum atomic E-state index is 0.132. The molecule has 1 N–H and O–H groups in total. The van der Waals surface area contributed by atoms with Gasteiger partial charge in [-0.15, -0.1) is 10.2 Å². The Labute approximate surface area is 105 Å². The number of fused-ring (bicyclic) bond motifs is 1. The van der Waals surface area contributed by atoms with Crippen molar-refractivity contribution in [3.05, 3.63) is 29.6 Å². The van der Waals surface area contributed by atoms with Gasteiger partial charge in [-0.25, -0.2) is 0 Å². The van der Waals surface area contributed by atoms with E-state index in [1.165, 1.54) is 18.7 Å². The van der Waals surface area contributed by atoms with Gasteiger partial charge in [-0.1, -0.05) is 0 Å². The molecule has 6 nitrogen and oxygen atoms in total. The van der Waals surface area contributed by atoms with Gasteiger partial charge in [-0.2, -0.15) is 5.10 Å². The lowest BCUT2D eigenvalue weighted by Gasteiger charge is -2.24. The van der Waals surface area contributed by atoms with Crippen LogP contribution in [0.2, 0.25) is 0 Å². The molecule has 1 aliphatic heterocycles. The number of hydrogen-bond donors (Lipinski definition) is 1. The van der Waals surface area contributed by atoms with Gasteiger partial charge in [0.15, 0.2) is 5.82 Å². The minimum Gasteiger partial charge on any atom is -0.312 e. The van der Waals surface area contributed by atoms with Crippen molar-refractivity contribution >= 4 is 0 Å². The predicted molar refractivity (Wildman–Crippen MR) is 65.1 cm³/mol. The van der Waals surface area contributed by atoms with Crippen LogP contribution in [0.25, 0.3) is 0 Å². The summed E-state index contributed by atoms with van der Waals surface area (Å²) >= 11 is 0. The number of nitrogens with one attached hydrogen (secondary N) is 1. The number of rotatable bonds is 2. The molecule has 18 heavy (non-hydrogen) atoms. The summed E-state index contributed by atoms with van der Waals surface area (Å²) in [6, 6.07) is 0.132. The standard InChI is InChI=1S/C12H16N6/c1-17-7-9(6-14-17)10-12-16-15-11(8-2-3-8)18(12)5-4-13-10/h6-8,10,13H,2-5H2,1H3. The van der Waals surface area contributed by atoms with Crippen molar-refractivity contribution in [3.63, 3.8) is 0 Å². The topological polar surface area (TPSA) is 60.6 Å². The molecule has 1 saturated carbocycles. The highest BCUT2D eigenvalue weighted by Crippen LogP contribution is 2.40. The molecule has 0 radical (unpaired) electrons. The highest BCUT2D eigenvalue weighted by Gasteiger charge is 2.34. The van der Waals surface area contributed by atoms with Gasteiger partial charge in [0.1, 0.15) is 5.82 Å². The number of aryl methyl sites for hydroxylation is 1. The van der Waals surface area contributed by atoms with E-state index in [2.05, 4.69) is 25.2 Å². The Bertz CT molecular complexity index is 579. The van der Waals surface area contributed by atoms with Crippen LogP contribution in [0.3, 0.4) is 0 Å². The fraction of sp³-hybridized carbons (Fsp3) is 0.583. The van der Waals surface area contributed by atoms with Gasteiger partial charge in [0.2, 0.25) is 0 Å². The molecule has 0 spiro atoms. The second-order valence-corrected chi connectivity index (χ2v) is 5.18. The van der Waals surface area contributed by atoms with E-state index in [1.807, 2.05) is 24.1 Å². The Morgan fingerprint density at radius 1 is 1.28 bits per heavy atom. The van der Waals surface area contributed by atoms with Crippen molar-refractivity contribution in [3.8, 4) is 0 Å². The normalized spacial score (nSPS) is 23.1. The molecule has 1 fully saturated rings. The third-order valence-electron chi connectivity index (χ3n) is 3.75. The molecule has 0 aromatic carbocycles. The molecule has 0 amide bonds. The zero-order chi connectivity index (χ0) is 12.1. The Morgan fingerprint density at radius 2 is 2.11 bits per heavy atom. The van der Waals surface area contributed by atoms with Crippen LogP contribution in [0.5, 0.6) is 0 Å². The first kappa shape index (κ1) is 10.3. The van der Waals surface area contributed by atoms with Crippen LogP contribution in [0.1, 0.15) is 42.0 Å². The van der Waals surface area contributed by atoms with Crippen LogP contribution in [-0.2, 0) is 13.6 Å². The molecule has 1 aliphatic carbocycles. The first-order valence-electron chi connectivity index (χ1n) is 6.48. The number of hydrogen-bond acceptors (Lipinski definition) is 4. The SMILES string of the molecule is Cn1cc(C2NCCn3c(C4CC4)nnc32)cn1. The molecule has 4 rings (SSSR count). The average molecular weight is 244 g/mol. The molecule has 1 unspecified atom stereocenters. The average Bonchev–Trinajstić information content (AvgIpc) is 2.98. The molecular formula is C12H16N6. The van der Waals surface area contributed by atoms with E-state index in [0.717, 1.165) is 24.5 Å². The third kappa shape index (κ3) is 1.49. The van der Waals surface area contributed by atoms with Crippen LogP contribution in [0.4, 0.5) is 0 Å². The van der Waals surface area contributed by atoms with E-state index in [0.29, 0.717) is 5.92 Å². The highest BCUT2D eigenvalue weighted by atomic mass is 15.3. The molecule has 0 bridgehead atoms. The summed E-state index contributed by atoms with van der Waals surface area (Å²) in [6.07, 6.45) is 6.48. The van der Waals surface area contributed by atoms with Crippen LogP contribution in [0.15, 0.2) is 12.4 Å². The molecule has 94 valence electrons. The summed E-state index contributed by atoms with van der Waals surface area (Å²) in [5.74, 6) is 2.87. The molecule has 2 aromatic rings. The first-order chi connectivity index (χ1) is 8.83. The third-order valence-corrected chi connectivity index (χ3v) is 3.75. The van der Waals surface area contributed by atoms with Crippen molar-refractivity contribution in [2.24, 2.45) is 7.05 Å². The van der Waals surface area contributed by atoms with E-state index in [-0.39, 0.29) is 6.04 Å². The molecule has 0 saturated heterocycles. The largest absolute Gasteiger partial charge is 0.312 e. The maximum atomic E-state index is 4.40. The second kappa shape index (κ2) is 3.65. The number of aromatic nitrogens is 5. The van der Waals surface area contributed by atoms with Crippen molar-refractivity contribution in [2.75, 3.05) is 6.54 Å². The molecular weight excluding hydrogens is 228 g/mol. The fourth-order valence-corrected chi connectivity index (χ4v) is 2.68. The molecule has 2 aromatic heterocycles. The highest BCUT2D eigenvalue weighted by molar-refractivity contribution is 5.23. The van der Waals surface area contributed by atoms with Crippen molar-refractivity contribution < 1.29 is 0 Å². The Balaban J connectivity index is 1.76. The number of nitrogens with zero attached hydrogens (tertiary/aromatic N) is 5. The summed E-state index contributed by atoms with van der Waals surface area (Å²) in [4.78, 5) is 0. The van der Waals surface area contributed by atoms with Gasteiger partial charge in [-0.3, -0.25) is 4.68 Å². The minimum absolute atomic E-state index is 0.132. The van der Waals surface area contributed by atoms with Gasteiger partial charge in [-0.05, 0) is 12.8 Å². The smallest absolute Gasteiger partial charge is 0.154 e. The summed E-state index contributed by atoms with van der Waals surface area (Å²) in [7, 11) is 1.94. The molecule has 6 heteroatoms. The van der Waals surface area contributed by atoms with E-state index < -0.39 is 0 Å². The summed E-state index contributed by atoms with van der Waals surface area (Å²) < 4.78 is 4.12. The fourth-order valence-electron chi connectivity index (χ4n) is 2.68. The van der Waals surface area contributed by atoms with Gasteiger partial charge in [0.25, 0.3) is 0 Å². The van der Waals surface area contributed by atoms with Crippen molar-refractivity contribution in [1.29, 1.82) is 0 Å². The Hall–Kier alpha value is -1.69. The molecule has 3 heterocycles. The second-order valence-electron chi connectivity index (χ2n) is 5.18. The van der Waals surface area contributed by atoms with Crippen LogP contribution < -0.4 is 5.32 Å².